The minimum absolute atomic E-state index is 0.617. The summed E-state index contributed by atoms with van der Waals surface area (Å²) in [5, 5.41) is 0.780. The number of allylic oxidation sites excluding steroid dienone is 3. The number of thiophene rings is 1. The van der Waals surface area contributed by atoms with E-state index >= 15 is 0 Å². The molecule has 0 spiro atoms. The maximum atomic E-state index is 10.8. The summed E-state index contributed by atoms with van der Waals surface area (Å²) in [5.41, 5.74) is 0. The first kappa shape index (κ1) is 11.4. The third-order valence-electron chi connectivity index (χ3n) is 1.26. The fraction of sp³-hybridized carbons (Fsp3) is 0. The lowest BCUT2D eigenvalue weighted by Crippen LogP contribution is -1.68. The van der Waals surface area contributed by atoms with Crippen molar-refractivity contribution in [3.8, 4) is 0 Å². The molecular formula is C9H8ClNOS2. The van der Waals surface area contributed by atoms with Gasteiger partial charge in [0, 0.05) is 6.21 Å². The van der Waals surface area contributed by atoms with Crippen molar-refractivity contribution in [2.24, 2.45) is 4.99 Å². The van der Waals surface area contributed by atoms with E-state index < -0.39 is 10.0 Å². The van der Waals surface area contributed by atoms with Crippen LogP contribution in [0.3, 0.4) is 0 Å². The van der Waals surface area contributed by atoms with E-state index in [-0.39, 0.29) is 0 Å². The Hall–Kier alpha value is -0.710. The van der Waals surface area contributed by atoms with E-state index in [0.29, 0.717) is 4.21 Å². The second kappa shape index (κ2) is 5.90. The first-order valence-electron chi connectivity index (χ1n) is 3.73. The highest BCUT2D eigenvalue weighted by Crippen LogP contribution is 2.28. The van der Waals surface area contributed by atoms with Crippen LogP contribution in [0.4, 0.5) is 5.00 Å². The summed E-state index contributed by atoms with van der Waals surface area (Å²) in [6, 6.07) is 3.48. The van der Waals surface area contributed by atoms with Gasteiger partial charge in [0.15, 0.2) is 10.0 Å². The van der Waals surface area contributed by atoms with Gasteiger partial charge in [0.05, 0.1) is 0 Å². The minimum atomic E-state index is -1.43. The Balaban J connectivity index is 2.68. The summed E-state index contributed by atoms with van der Waals surface area (Å²) in [6.07, 6.45) is 6.86. The molecule has 1 unspecified atom stereocenters. The molecule has 74 valence electrons. The van der Waals surface area contributed by atoms with Gasteiger partial charge in [0.1, 0.15) is 9.21 Å². The Morgan fingerprint density at radius 2 is 2.29 bits per heavy atom. The summed E-state index contributed by atoms with van der Waals surface area (Å²) in [5.74, 6) is 0. The van der Waals surface area contributed by atoms with Crippen molar-refractivity contribution < 1.29 is 4.21 Å². The van der Waals surface area contributed by atoms with Gasteiger partial charge in [-0.1, -0.05) is 18.7 Å². The molecule has 1 atom stereocenters. The van der Waals surface area contributed by atoms with Crippen molar-refractivity contribution in [3.05, 3.63) is 36.9 Å². The van der Waals surface area contributed by atoms with Crippen LogP contribution in [0.2, 0.25) is 0 Å². The van der Waals surface area contributed by atoms with Gasteiger partial charge in [-0.05, 0) is 28.9 Å². The van der Waals surface area contributed by atoms with Crippen LogP contribution in [0.25, 0.3) is 0 Å². The fourth-order valence-electron chi connectivity index (χ4n) is 0.711. The maximum Gasteiger partial charge on any atom is 0.157 e. The molecule has 0 amide bonds. The number of aliphatic imine (C=N–C) groups is 1. The highest BCUT2D eigenvalue weighted by Gasteiger charge is 2.02. The zero-order valence-corrected chi connectivity index (χ0v) is 9.61. The minimum Gasteiger partial charge on any atom is -0.246 e. The topological polar surface area (TPSA) is 29.4 Å². The fourth-order valence-corrected chi connectivity index (χ4v) is 2.43. The molecule has 0 aliphatic rings. The van der Waals surface area contributed by atoms with Gasteiger partial charge in [-0.3, -0.25) is 0 Å². The van der Waals surface area contributed by atoms with E-state index in [1.165, 1.54) is 11.3 Å². The summed E-state index contributed by atoms with van der Waals surface area (Å²) in [4.78, 5) is 4.11. The maximum absolute atomic E-state index is 10.8. The van der Waals surface area contributed by atoms with Gasteiger partial charge < -0.3 is 0 Å². The predicted molar refractivity (Wildman–Crippen MR) is 64.1 cm³/mol. The lowest BCUT2D eigenvalue weighted by molar-refractivity contribution is 0.692. The predicted octanol–water partition coefficient (Wildman–Crippen LogP) is 3.45. The molecule has 1 rings (SSSR count). The highest BCUT2D eigenvalue weighted by atomic mass is 35.7. The van der Waals surface area contributed by atoms with E-state index in [1.807, 2.05) is 0 Å². The Bertz CT molecular complexity index is 395. The molecule has 0 N–H and O–H groups in total. The molecule has 1 heterocycles. The summed E-state index contributed by atoms with van der Waals surface area (Å²) in [7, 11) is 3.97. The molecule has 2 nitrogen and oxygen atoms in total. The van der Waals surface area contributed by atoms with E-state index in [9.17, 15) is 4.21 Å². The standard InChI is InChI=1S/C9H8ClNOS2/c1-2-3-4-7-11-8-5-6-9(13-8)14(10)12/h2-7H,1H2/b4-3-,11-7-. The monoisotopic (exact) mass is 245 g/mol. The van der Waals surface area contributed by atoms with Gasteiger partial charge in [0.2, 0.25) is 0 Å². The number of hydrogen-bond acceptors (Lipinski definition) is 3. The van der Waals surface area contributed by atoms with Crippen LogP contribution >= 0.6 is 22.0 Å². The molecule has 0 aliphatic carbocycles. The Kier molecular flexibility index (Phi) is 4.79. The zero-order chi connectivity index (χ0) is 10.4. The Labute approximate surface area is 93.6 Å². The lowest BCUT2D eigenvalue weighted by atomic mass is 10.5. The number of hydrogen-bond donors (Lipinski definition) is 0. The molecule has 0 aliphatic heterocycles. The third-order valence-corrected chi connectivity index (χ3v) is 3.98. The number of rotatable bonds is 4. The summed E-state index contributed by atoms with van der Waals surface area (Å²) in [6.45, 7) is 3.53. The van der Waals surface area contributed by atoms with Gasteiger partial charge >= 0.3 is 0 Å². The molecule has 0 saturated heterocycles. The van der Waals surface area contributed by atoms with Crippen LogP contribution in [-0.2, 0) is 10.0 Å². The Morgan fingerprint density at radius 1 is 1.50 bits per heavy atom. The molecule has 1 aromatic heterocycles. The summed E-state index contributed by atoms with van der Waals surface area (Å²) >= 11 is 1.31. The van der Waals surface area contributed by atoms with Crippen molar-refractivity contribution in [2.75, 3.05) is 0 Å². The molecular weight excluding hydrogens is 238 g/mol. The summed E-state index contributed by atoms with van der Waals surface area (Å²) < 4.78 is 11.5. The van der Waals surface area contributed by atoms with Crippen LogP contribution < -0.4 is 0 Å². The van der Waals surface area contributed by atoms with Crippen molar-refractivity contribution >= 4 is 43.2 Å². The average molecular weight is 246 g/mol. The first-order chi connectivity index (χ1) is 6.74. The largest absolute Gasteiger partial charge is 0.246 e. The van der Waals surface area contributed by atoms with E-state index in [1.54, 1.807) is 36.6 Å². The van der Waals surface area contributed by atoms with Crippen molar-refractivity contribution in [3.63, 3.8) is 0 Å². The molecule has 5 heteroatoms. The van der Waals surface area contributed by atoms with Crippen LogP contribution in [0.1, 0.15) is 0 Å². The van der Waals surface area contributed by atoms with Gasteiger partial charge in [-0.2, -0.15) is 0 Å². The van der Waals surface area contributed by atoms with Gasteiger partial charge in [-0.25, -0.2) is 9.20 Å². The zero-order valence-electron chi connectivity index (χ0n) is 7.22. The van der Waals surface area contributed by atoms with E-state index in [2.05, 4.69) is 11.6 Å². The second-order valence-electron chi connectivity index (χ2n) is 2.21. The molecule has 0 aromatic carbocycles. The van der Waals surface area contributed by atoms with Crippen molar-refractivity contribution in [1.29, 1.82) is 0 Å². The smallest absolute Gasteiger partial charge is 0.157 e. The van der Waals surface area contributed by atoms with Crippen LogP contribution in [0.15, 0.2) is 46.1 Å². The first-order valence-corrected chi connectivity index (χ1v) is 6.53. The second-order valence-corrected chi connectivity index (χ2v) is 5.26. The quantitative estimate of drug-likeness (QED) is 0.454. The molecule has 0 bridgehead atoms. The SMILES string of the molecule is C=C/C=C\C=N/c1ccc(S(=O)Cl)s1. The number of halogens is 1. The van der Waals surface area contributed by atoms with Crippen LogP contribution in [0, 0.1) is 0 Å². The van der Waals surface area contributed by atoms with E-state index in [4.69, 9.17) is 10.7 Å². The normalized spacial score (nSPS) is 13.8. The molecule has 0 fully saturated rings. The molecule has 0 saturated carbocycles. The van der Waals surface area contributed by atoms with E-state index in [0.717, 1.165) is 5.00 Å². The molecule has 1 aromatic rings. The van der Waals surface area contributed by atoms with Gasteiger partial charge in [-0.15, -0.1) is 11.3 Å². The molecule has 14 heavy (non-hydrogen) atoms. The van der Waals surface area contributed by atoms with Crippen molar-refractivity contribution in [2.45, 2.75) is 4.21 Å². The molecule has 0 radical (unpaired) electrons. The third kappa shape index (κ3) is 3.57. The number of nitrogens with zero attached hydrogens (tertiary/aromatic N) is 1. The average Bonchev–Trinajstić information content (AvgIpc) is 2.61. The Morgan fingerprint density at radius 3 is 2.86 bits per heavy atom. The lowest BCUT2D eigenvalue weighted by Gasteiger charge is -1.82. The van der Waals surface area contributed by atoms with Crippen LogP contribution in [0.5, 0.6) is 0 Å². The van der Waals surface area contributed by atoms with Gasteiger partial charge in [0.25, 0.3) is 0 Å². The highest BCUT2D eigenvalue weighted by molar-refractivity contribution is 8.09. The van der Waals surface area contributed by atoms with Crippen molar-refractivity contribution in [1.82, 2.24) is 0 Å². The van der Waals surface area contributed by atoms with Crippen LogP contribution in [-0.4, -0.2) is 10.4 Å².